The molecule has 0 amide bonds. The Labute approximate surface area is 110 Å². The summed E-state index contributed by atoms with van der Waals surface area (Å²) < 4.78 is 0. The predicted molar refractivity (Wildman–Crippen MR) is 70.6 cm³/mol. The van der Waals surface area contributed by atoms with Crippen LogP contribution >= 0.6 is 23.2 Å². The van der Waals surface area contributed by atoms with Crippen LogP contribution in [0.25, 0.3) is 0 Å². The van der Waals surface area contributed by atoms with E-state index in [-0.39, 0.29) is 0 Å². The SMILES string of the molecule is Cc1cc(Cl)nc(NCc2ccc(Cl)cc2)n1. The van der Waals surface area contributed by atoms with Crippen molar-refractivity contribution in [1.82, 2.24) is 9.97 Å². The lowest BCUT2D eigenvalue weighted by atomic mass is 10.2. The summed E-state index contributed by atoms with van der Waals surface area (Å²) in [5.41, 5.74) is 1.94. The predicted octanol–water partition coefficient (Wildman–Crippen LogP) is 3.70. The second-order valence-corrected chi connectivity index (χ2v) is 4.46. The lowest BCUT2D eigenvalue weighted by Crippen LogP contribution is -2.04. The molecule has 0 spiro atoms. The van der Waals surface area contributed by atoms with Gasteiger partial charge in [-0.2, -0.15) is 0 Å². The molecule has 1 aromatic carbocycles. The molecule has 0 aliphatic heterocycles. The summed E-state index contributed by atoms with van der Waals surface area (Å²) in [6, 6.07) is 9.32. The van der Waals surface area contributed by atoms with Crippen molar-refractivity contribution in [3.8, 4) is 0 Å². The highest BCUT2D eigenvalue weighted by Gasteiger charge is 2.00. The summed E-state index contributed by atoms with van der Waals surface area (Å²) in [6.45, 7) is 2.51. The van der Waals surface area contributed by atoms with Crippen LogP contribution in [-0.2, 0) is 6.54 Å². The molecule has 3 nitrogen and oxygen atoms in total. The van der Waals surface area contributed by atoms with Crippen LogP contribution in [0.3, 0.4) is 0 Å². The molecular weight excluding hydrogens is 257 g/mol. The molecule has 2 rings (SSSR count). The quantitative estimate of drug-likeness (QED) is 0.862. The minimum atomic E-state index is 0.441. The second kappa shape index (κ2) is 5.34. The lowest BCUT2D eigenvalue weighted by molar-refractivity contribution is 1.03. The zero-order valence-electron chi connectivity index (χ0n) is 9.24. The maximum absolute atomic E-state index is 5.84. The molecule has 0 saturated carbocycles. The van der Waals surface area contributed by atoms with Crippen molar-refractivity contribution in [3.05, 3.63) is 51.8 Å². The minimum absolute atomic E-state index is 0.441. The van der Waals surface area contributed by atoms with Crippen molar-refractivity contribution in [2.24, 2.45) is 0 Å². The molecule has 0 fully saturated rings. The van der Waals surface area contributed by atoms with Crippen LogP contribution in [0.4, 0.5) is 5.95 Å². The summed E-state index contributed by atoms with van der Waals surface area (Å²) in [4.78, 5) is 8.32. The Balaban J connectivity index is 2.04. The van der Waals surface area contributed by atoms with Gasteiger partial charge in [-0.3, -0.25) is 0 Å². The number of hydrogen-bond donors (Lipinski definition) is 1. The average Bonchev–Trinajstić information content (AvgIpc) is 2.27. The molecule has 0 radical (unpaired) electrons. The number of benzene rings is 1. The van der Waals surface area contributed by atoms with E-state index in [4.69, 9.17) is 23.2 Å². The second-order valence-electron chi connectivity index (χ2n) is 3.64. The lowest BCUT2D eigenvalue weighted by Gasteiger charge is -2.06. The van der Waals surface area contributed by atoms with E-state index in [9.17, 15) is 0 Å². The fourth-order valence-corrected chi connectivity index (χ4v) is 1.76. The molecule has 1 aromatic heterocycles. The van der Waals surface area contributed by atoms with E-state index < -0.39 is 0 Å². The highest BCUT2D eigenvalue weighted by molar-refractivity contribution is 6.30. The first kappa shape index (κ1) is 12.1. The molecule has 0 aliphatic rings. The number of aromatic nitrogens is 2. The third-order valence-electron chi connectivity index (χ3n) is 2.19. The van der Waals surface area contributed by atoms with Gasteiger partial charge >= 0.3 is 0 Å². The summed E-state index contributed by atoms with van der Waals surface area (Å²) in [7, 11) is 0. The molecule has 2 aromatic rings. The van der Waals surface area contributed by atoms with Crippen molar-refractivity contribution in [2.75, 3.05) is 5.32 Å². The van der Waals surface area contributed by atoms with Crippen molar-refractivity contribution in [1.29, 1.82) is 0 Å². The van der Waals surface area contributed by atoms with Gasteiger partial charge in [-0.05, 0) is 30.7 Å². The Bertz CT molecular complexity index is 491. The highest BCUT2D eigenvalue weighted by Crippen LogP contribution is 2.12. The highest BCUT2D eigenvalue weighted by atomic mass is 35.5. The van der Waals surface area contributed by atoms with E-state index in [1.807, 2.05) is 31.2 Å². The summed E-state index contributed by atoms with van der Waals surface area (Å²) in [5.74, 6) is 0.532. The van der Waals surface area contributed by atoms with Gasteiger partial charge < -0.3 is 5.32 Å². The van der Waals surface area contributed by atoms with Crippen LogP contribution in [0.1, 0.15) is 11.3 Å². The molecule has 1 heterocycles. The number of nitrogens with zero attached hydrogens (tertiary/aromatic N) is 2. The Hall–Kier alpha value is -1.32. The van der Waals surface area contributed by atoms with Crippen molar-refractivity contribution in [2.45, 2.75) is 13.5 Å². The third-order valence-corrected chi connectivity index (χ3v) is 2.63. The number of nitrogens with one attached hydrogen (secondary N) is 1. The third kappa shape index (κ3) is 3.58. The van der Waals surface area contributed by atoms with Gasteiger partial charge in [0.05, 0.1) is 0 Å². The van der Waals surface area contributed by atoms with Crippen LogP contribution < -0.4 is 5.32 Å². The Morgan fingerprint density at radius 3 is 2.47 bits per heavy atom. The average molecular weight is 268 g/mol. The Kier molecular flexibility index (Phi) is 3.82. The fraction of sp³-hybridized carbons (Fsp3) is 0.167. The maximum atomic E-state index is 5.84. The normalized spacial score (nSPS) is 10.3. The molecule has 17 heavy (non-hydrogen) atoms. The largest absolute Gasteiger partial charge is 0.350 e. The zero-order valence-corrected chi connectivity index (χ0v) is 10.8. The molecule has 0 bridgehead atoms. The molecule has 5 heteroatoms. The molecule has 0 aliphatic carbocycles. The molecule has 1 N–H and O–H groups in total. The van der Waals surface area contributed by atoms with Gasteiger partial charge in [0, 0.05) is 17.3 Å². The summed E-state index contributed by atoms with van der Waals surface area (Å²) >= 11 is 11.7. The number of rotatable bonds is 3. The standard InChI is InChI=1S/C12H11Cl2N3/c1-8-6-11(14)17-12(16-8)15-7-9-2-4-10(13)5-3-9/h2-6H,7H2,1H3,(H,15,16,17). The van der Waals surface area contributed by atoms with Gasteiger partial charge in [0.25, 0.3) is 0 Å². The van der Waals surface area contributed by atoms with Crippen molar-refractivity contribution >= 4 is 29.2 Å². The summed E-state index contributed by atoms with van der Waals surface area (Å²) in [6.07, 6.45) is 0. The minimum Gasteiger partial charge on any atom is -0.350 e. The topological polar surface area (TPSA) is 37.8 Å². The zero-order chi connectivity index (χ0) is 12.3. The monoisotopic (exact) mass is 267 g/mol. The molecule has 0 unspecified atom stereocenters. The maximum Gasteiger partial charge on any atom is 0.224 e. The van der Waals surface area contributed by atoms with Gasteiger partial charge in [-0.25, -0.2) is 9.97 Å². The van der Waals surface area contributed by atoms with Gasteiger partial charge in [0.15, 0.2) is 0 Å². The van der Waals surface area contributed by atoms with Crippen LogP contribution in [-0.4, -0.2) is 9.97 Å². The summed E-state index contributed by atoms with van der Waals surface area (Å²) in [5, 5.41) is 4.28. The first-order valence-electron chi connectivity index (χ1n) is 5.13. The molecule has 88 valence electrons. The van der Waals surface area contributed by atoms with E-state index in [1.54, 1.807) is 6.07 Å². The van der Waals surface area contributed by atoms with Gasteiger partial charge in [0.2, 0.25) is 5.95 Å². The fourth-order valence-electron chi connectivity index (χ4n) is 1.39. The van der Waals surface area contributed by atoms with E-state index in [1.165, 1.54) is 0 Å². The van der Waals surface area contributed by atoms with Crippen molar-refractivity contribution in [3.63, 3.8) is 0 Å². The van der Waals surface area contributed by atoms with E-state index >= 15 is 0 Å². The Morgan fingerprint density at radius 1 is 1.12 bits per heavy atom. The van der Waals surface area contributed by atoms with Crippen LogP contribution in [0.2, 0.25) is 10.2 Å². The van der Waals surface area contributed by atoms with Gasteiger partial charge in [0.1, 0.15) is 5.15 Å². The van der Waals surface area contributed by atoms with Crippen LogP contribution in [0, 0.1) is 6.92 Å². The van der Waals surface area contributed by atoms with E-state index in [0.29, 0.717) is 17.6 Å². The Morgan fingerprint density at radius 2 is 1.82 bits per heavy atom. The van der Waals surface area contributed by atoms with E-state index in [0.717, 1.165) is 16.3 Å². The molecular formula is C12H11Cl2N3. The first-order valence-corrected chi connectivity index (χ1v) is 5.88. The van der Waals surface area contributed by atoms with Crippen molar-refractivity contribution < 1.29 is 0 Å². The number of anilines is 1. The van der Waals surface area contributed by atoms with Gasteiger partial charge in [-0.15, -0.1) is 0 Å². The van der Waals surface area contributed by atoms with Crippen LogP contribution in [0.15, 0.2) is 30.3 Å². The van der Waals surface area contributed by atoms with E-state index in [2.05, 4.69) is 15.3 Å². The number of hydrogen-bond acceptors (Lipinski definition) is 3. The first-order chi connectivity index (χ1) is 8.13. The number of aryl methyl sites for hydroxylation is 1. The molecule has 0 atom stereocenters. The smallest absolute Gasteiger partial charge is 0.224 e. The number of halogens is 2. The van der Waals surface area contributed by atoms with Gasteiger partial charge in [-0.1, -0.05) is 35.3 Å². The van der Waals surface area contributed by atoms with Crippen LogP contribution in [0.5, 0.6) is 0 Å². The molecule has 0 saturated heterocycles.